The molecule has 1 aromatic rings. The molecule has 6 nitrogen and oxygen atoms in total. The van der Waals surface area contributed by atoms with Crippen molar-refractivity contribution in [3.63, 3.8) is 0 Å². The van der Waals surface area contributed by atoms with E-state index in [-0.39, 0.29) is 0 Å². The molecule has 0 saturated heterocycles. The van der Waals surface area contributed by atoms with Gasteiger partial charge in [-0.3, -0.25) is 4.55 Å². The van der Waals surface area contributed by atoms with Gasteiger partial charge in [0, 0.05) is 12.1 Å². The second kappa shape index (κ2) is 2.61. The van der Waals surface area contributed by atoms with Gasteiger partial charge in [-0.15, -0.1) is 0 Å². The van der Waals surface area contributed by atoms with Crippen molar-refractivity contribution in [3.8, 4) is 11.8 Å². The zero-order valence-electron chi connectivity index (χ0n) is 5.67. The zero-order valence-corrected chi connectivity index (χ0v) is 6.48. The molecular weight excluding hydrogens is 186 g/mol. The van der Waals surface area contributed by atoms with Crippen molar-refractivity contribution in [1.82, 2.24) is 4.98 Å². The highest BCUT2D eigenvalue weighted by Gasteiger charge is 2.12. The average molecular weight is 191 g/mol. The minimum Gasteiger partial charge on any atom is -0.493 e. The van der Waals surface area contributed by atoms with Gasteiger partial charge < -0.3 is 10.2 Å². The van der Waals surface area contributed by atoms with Crippen molar-refractivity contribution in [2.45, 2.75) is 4.90 Å². The molecule has 1 heterocycles. The highest BCUT2D eigenvalue weighted by atomic mass is 32.2. The molecule has 0 bridgehead atoms. The van der Waals surface area contributed by atoms with E-state index in [1.54, 1.807) is 0 Å². The molecule has 0 aliphatic rings. The lowest BCUT2D eigenvalue weighted by atomic mass is 10.5. The fraction of sp³-hybridized carbons (Fsp3) is 0. The third kappa shape index (κ3) is 1.83. The Balaban J connectivity index is 3.37. The van der Waals surface area contributed by atoms with Crippen LogP contribution >= 0.6 is 0 Å². The third-order valence-corrected chi connectivity index (χ3v) is 1.90. The predicted octanol–water partition coefficient (Wildman–Crippen LogP) is -0.261. The predicted molar refractivity (Wildman–Crippen MR) is 37.4 cm³/mol. The molecule has 66 valence electrons. The van der Waals surface area contributed by atoms with Gasteiger partial charge in [0.25, 0.3) is 10.1 Å². The fourth-order valence-corrected chi connectivity index (χ4v) is 1.14. The SMILES string of the molecule is O=S(=O)(O)c1cc(O)nc(O)c1. The van der Waals surface area contributed by atoms with Crippen LogP contribution in [0.2, 0.25) is 0 Å². The summed E-state index contributed by atoms with van der Waals surface area (Å²) in [6, 6.07) is 1.43. The van der Waals surface area contributed by atoms with Crippen molar-refractivity contribution < 1.29 is 23.2 Å². The molecule has 0 aliphatic heterocycles. The summed E-state index contributed by atoms with van der Waals surface area (Å²) in [5.74, 6) is -1.36. The van der Waals surface area contributed by atoms with Crippen molar-refractivity contribution in [1.29, 1.82) is 0 Å². The van der Waals surface area contributed by atoms with Crippen molar-refractivity contribution in [3.05, 3.63) is 12.1 Å². The van der Waals surface area contributed by atoms with Crippen LogP contribution in [0, 0.1) is 0 Å². The van der Waals surface area contributed by atoms with Gasteiger partial charge in [0.05, 0.1) is 0 Å². The van der Waals surface area contributed by atoms with Gasteiger partial charge in [-0.1, -0.05) is 0 Å². The van der Waals surface area contributed by atoms with Crippen LogP contribution in [0.25, 0.3) is 0 Å². The Morgan fingerprint density at radius 1 is 1.17 bits per heavy atom. The molecule has 0 aliphatic carbocycles. The molecule has 7 heteroatoms. The van der Waals surface area contributed by atoms with Crippen LogP contribution in [0.1, 0.15) is 0 Å². The molecule has 0 unspecified atom stereocenters. The average Bonchev–Trinajstić information content (AvgIpc) is 1.82. The molecule has 0 radical (unpaired) electrons. The third-order valence-electron chi connectivity index (χ3n) is 1.07. The molecule has 0 spiro atoms. The molecule has 0 fully saturated rings. The molecule has 0 aromatic carbocycles. The van der Waals surface area contributed by atoms with E-state index in [1.807, 2.05) is 0 Å². The smallest absolute Gasteiger partial charge is 0.294 e. The Morgan fingerprint density at radius 2 is 1.58 bits per heavy atom. The van der Waals surface area contributed by atoms with Crippen LogP contribution in [0.5, 0.6) is 11.8 Å². The van der Waals surface area contributed by atoms with Gasteiger partial charge in [0.15, 0.2) is 0 Å². The van der Waals surface area contributed by atoms with E-state index in [4.69, 9.17) is 14.8 Å². The first-order chi connectivity index (χ1) is 5.39. The Morgan fingerprint density at radius 3 is 1.92 bits per heavy atom. The first kappa shape index (κ1) is 8.75. The Kier molecular flexibility index (Phi) is 1.90. The summed E-state index contributed by atoms with van der Waals surface area (Å²) in [5.41, 5.74) is 0. The van der Waals surface area contributed by atoms with Gasteiger partial charge in [0.2, 0.25) is 11.8 Å². The monoisotopic (exact) mass is 191 g/mol. The van der Waals surface area contributed by atoms with Crippen LogP contribution in [-0.4, -0.2) is 28.2 Å². The van der Waals surface area contributed by atoms with Crippen LogP contribution in [-0.2, 0) is 10.1 Å². The maximum absolute atomic E-state index is 10.4. The molecule has 1 aromatic heterocycles. The summed E-state index contributed by atoms with van der Waals surface area (Å²) in [7, 11) is -4.41. The van der Waals surface area contributed by atoms with Crippen LogP contribution in [0.4, 0.5) is 0 Å². The maximum Gasteiger partial charge on any atom is 0.294 e. The molecule has 1 rings (SSSR count). The quantitative estimate of drug-likeness (QED) is 0.528. The highest BCUT2D eigenvalue weighted by Crippen LogP contribution is 2.18. The van der Waals surface area contributed by atoms with E-state index in [0.29, 0.717) is 0 Å². The number of nitrogens with zero attached hydrogens (tertiary/aromatic N) is 1. The van der Waals surface area contributed by atoms with E-state index in [1.165, 1.54) is 0 Å². The standard InChI is InChI=1S/C5H5NO5S/c7-4-1-3(12(9,10)11)2-5(8)6-4/h1-2H,(H2,6,7,8)(H,9,10,11). The number of rotatable bonds is 1. The first-order valence-electron chi connectivity index (χ1n) is 2.77. The van der Waals surface area contributed by atoms with Gasteiger partial charge in [-0.05, 0) is 0 Å². The molecule has 12 heavy (non-hydrogen) atoms. The van der Waals surface area contributed by atoms with Crippen molar-refractivity contribution in [2.24, 2.45) is 0 Å². The van der Waals surface area contributed by atoms with Gasteiger partial charge in [0.1, 0.15) is 4.90 Å². The van der Waals surface area contributed by atoms with E-state index >= 15 is 0 Å². The number of hydrogen-bond donors (Lipinski definition) is 3. The zero-order chi connectivity index (χ0) is 9.35. The lowest BCUT2D eigenvalue weighted by Gasteiger charge is -1.97. The summed E-state index contributed by atoms with van der Waals surface area (Å²) in [6.45, 7) is 0. The van der Waals surface area contributed by atoms with Gasteiger partial charge in [-0.2, -0.15) is 13.4 Å². The van der Waals surface area contributed by atoms with Gasteiger partial charge in [-0.25, -0.2) is 0 Å². The Bertz CT molecular complexity index is 378. The van der Waals surface area contributed by atoms with Crippen LogP contribution in [0.15, 0.2) is 17.0 Å². The summed E-state index contributed by atoms with van der Waals surface area (Å²) >= 11 is 0. The lowest BCUT2D eigenvalue weighted by molar-refractivity contribution is 0.407. The molecule has 0 amide bonds. The number of aromatic hydroxyl groups is 2. The molecular formula is C5H5NO5S. The van der Waals surface area contributed by atoms with E-state index in [2.05, 4.69) is 4.98 Å². The van der Waals surface area contributed by atoms with Crippen LogP contribution in [0.3, 0.4) is 0 Å². The summed E-state index contributed by atoms with van der Waals surface area (Å²) in [4.78, 5) is 2.48. The minimum atomic E-state index is -4.41. The van der Waals surface area contributed by atoms with Crippen molar-refractivity contribution in [2.75, 3.05) is 0 Å². The Labute approximate surface area is 67.9 Å². The summed E-state index contributed by atoms with van der Waals surface area (Å²) in [6.07, 6.45) is 0. The second-order valence-electron chi connectivity index (χ2n) is 1.99. The lowest BCUT2D eigenvalue weighted by Crippen LogP contribution is -1.97. The molecule has 3 N–H and O–H groups in total. The normalized spacial score (nSPS) is 11.4. The van der Waals surface area contributed by atoms with E-state index < -0.39 is 26.8 Å². The molecule has 0 saturated carbocycles. The summed E-state index contributed by atoms with van der Waals surface area (Å²) in [5, 5.41) is 17.4. The number of hydrogen-bond acceptors (Lipinski definition) is 5. The number of pyridine rings is 1. The van der Waals surface area contributed by atoms with E-state index in [9.17, 15) is 8.42 Å². The second-order valence-corrected chi connectivity index (χ2v) is 3.42. The molecule has 0 atom stereocenters. The highest BCUT2D eigenvalue weighted by molar-refractivity contribution is 7.85. The maximum atomic E-state index is 10.4. The van der Waals surface area contributed by atoms with Crippen LogP contribution < -0.4 is 0 Å². The fourth-order valence-electron chi connectivity index (χ4n) is 0.627. The minimum absolute atomic E-state index is 0.604. The summed E-state index contributed by atoms with van der Waals surface area (Å²) < 4.78 is 29.3. The van der Waals surface area contributed by atoms with E-state index in [0.717, 1.165) is 12.1 Å². The topological polar surface area (TPSA) is 108 Å². The number of aromatic nitrogens is 1. The van der Waals surface area contributed by atoms with Crippen molar-refractivity contribution >= 4 is 10.1 Å². The first-order valence-corrected chi connectivity index (χ1v) is 4.21. The Hall–Kier alpha value is -1.34. The largest absolute Gasteiger partial charge is 0.493 e. The van der Waals surface area contributed by atoms with Gasteiger partial charge >= 0.3 is 0 Å².